The standard InChI is InChI=1S/C18H26N2O4/c1-5-7-18-8-6-13(19(18)3)10-20(11-18)15(21)9-14-16(23-4)12(2)17(22)24-14/h9,13H,5-8,10-11H2,1-4H3/b14-9-. The molecule has 0 aromatic carbocycles. The molecule has 1 amide bonds. The second-order valence-electron chi connectivity index (χ2n) is 7.05. The highest BCUT2D eigenvalue weighted by Crippen LogP contribution is 2.41. The number of amides is 1. The van der Waals surface area contributed by atoms with Gasteiger partial charge in [0.05, 0.1) is 12.7 Å². The van der Waals surface area contributed by atoms with Gasteiger partial charge in [-0.05, 0) is 33.2 Å². The van der Waals surface area contributed by atoms with E-state index in [2.05, 4.69) is 18.9 Å². The monoisotopic (exact) mass is 334 g/mol. The second kappa shape index (κ2) is 6.24. The maximum Gasteiger partial charge on any atom is 0.343 e. The first-order chi connectivity index (χ1) is 11.4. The fourth-order valence-corrected chi connectivity index (χ4v) is 4.34. The highest BCUT2D eigenvalue weighted by Gasteiger charge is 2.49. The van der Waals surface area contributed by atoms with E-state index >= 15 is 0 Å². The molecular weight excluding hydrogens is 308 g/mol. The number of fused-ring (bicyclic) bond motifs is 2. The molecule has 0 aliphatic carbocycles. The van der Waals surface area contributed by atoms with E-state index in [-0.39, 0.29) is 17.2 Å². The van der Waals surface area contributed by atoms with Gasteiger partial charge in [-0.3, -0.25) is 9.69 Å². The molecule has 0 radical (unpaired) electrons. The molecule has 6 nitrogen and oxygen atoms in total. The van der Waals surface area contributed by atoms with E-state index in [0.29, 0.717) is 17.4 Å². The highest BCUT2D eigenvalue weighted by atomic mass is 16.6. The van der Waals surface area contributed by atoms with Gasteiger partial charge in [0.2, 0.25) is 0 Å². The number of likely N-dealkylation sites (N-methyl/N-ethyl adjacent to an activating group) is 1. The second-order valence-corrected chi connectivity index (χ2v) is 7.05. The predicted molar refractivity (Wildman–Crippen MR) is 88.9 cm³/mol. The van der Waals surface area contributed by atoms with Crippen molar-refractivity contribution in [3.63, 3.8) is 0 Å². The summed E-state index contributed by atoms with van der Waals surface area (Å²) in [5.74, 6) is 0.0175. The molecule has 0 aromatic rings. The van der Waals surface area contributed by atoms with Gasteiger partial charge in [-0.25, -0.2) is 4.79 Å². The lowest BCUT2D eigenvalue weighted by molar-refractivity contribution is -0.133. The van der Waals surface area contributed by atoms with Crippen LogP contribution < -0.4 is 0 Å². The number of esters is 1. The summed E-state index contributed by atoms with van der Waals surface area (Å²) in [4.78, 5) is 28.8. The first kappa shape index (κ1) is 17.0. The van der Waals surface area contributed by atoms with Gasteiger partial charge < -0.3 is 14.4 Å². The first-order valence-corrected chi connectivity index (χ1v) is 8.63. The topological polar surface area (TPSA) is 59.1 Å². The number of cyclic esters (lactones) is 1. The van der Waals surface area contributed by atoms with Crippen LogP contribution in [0.3, 0.4) is 0 Å². The van der Waals surface area contributed by atoms with Crippen LogP contribution in [-0.4, -0.2) is 60.5 Å². The number of rotatable bonds is 4. The van der Waals surface area contributed by atoms with Gasteiger partial charge in [0.15, 0.2) is 11.5 Å². The van der Waals surface area contributed by atoms with Gasteiger partial charge in [-0.1, -0.05) is 13.3 Å². The molecular formula is C18H26N2O4. The van der Waals surface area contributed by atoms with Gasteiger partial charge >= 0.3 is 5.97 Å². The fourth-order valence-electron chi connectivity index (χ4n) is 4.34. The van der Waals surface area contributed by atoms with E-state index in [1.165, 1.54) is 13.2 Å². The van der Waals surface area contributed by atoms with Gasteiger partial charge in [0, 0.05) is 30.7 Å². The molecule has 0 saturated carbocycles. The zero-order valence-corrected chi connectivity index (χ0v) is 14.9. The minimum absolute atomic E-state index is 0.0913. The van der Waals surface area contributed by atoms with Crippen LogP contribution in [0.5, 0.6) is 0 Å². The molecule has 2 atom stereocenters. The maximum atomic E-state index is 12.8. The number of nitrogens with zero attached hydrogens (tertiary/aromatic N) is 2. The normalized spacial score (nSPS) is 31.8. The summed E-state index contributed by atoms with van der Waals surface area (Å²) in [6.07, 6.45) is 5.87. The Morgan fingerprint density at radius 2 is 2.25 bits per heavy atom. The van der Waals surface area contributed by atoms with Crippen molar-refractivity contribution in [2.75, 3.05) is 27.2 Å². The summed E-state index contributed by atoms with van der Waals surface area (Å²) < 4.78 is 10.4. The van der Waals surface area contributed by atoms with Crippen LogP contribution in [0.4, 0.5) is 0 Å². The van der Waals surface area contributed by atoms with Crippen LogP contribution in [0.15, 0.2) is 23.2 Å². The average Bonchev–Trinajstić information content (AvgIpc) is 2.90. The lowest BCUT2D eigenvalue weighted by Crippen LogP contribution is -2.60. The van der Waals surface area contributed by atoms with Crippen molar-refractivity contribution < 1.29 is 19.1 Å². The Kier molecular flexibility index (Phi) is 4.42. The Bertz CT molecular complexity index is 621. The number of hydrogen-bond donors (Lipinski definition) is 0. The van der Waals surface area contributed by atoms with Crippen LogP contribution in [0.1, 0.15) is 39.5 Å². The van der Waals surface area contributed by atoms with Crippen molar-refractivity contribution in [3.05, 3.63) is 23.2 Å². The smallest absolute Gasteiger partial charge is 0.343 e. The summed E-state index contributed by atoms with van der Waals surface area (Å²) in [5, 5.41) is 0. The number of carbonyl (C=O) groups excluding carboxylic acids is 2. The Morgan fingerprint density at radius 1 is 1.50 bits per heavy atom. The summed E-state index contributed by atoms with van der Waals surface area (Å²) in [6.45, 7) is 5.28. The third-order valence-corrected chi connectivity index (χ3v) is 5.71. The average molecular weight is 334 g/mol. The number of carbonyl (C=O) groups is 2. The van der Waals surface area contributed by atoms with Crippen LogP contribution in [-0.2, 0) is 19.1 Å². The van der Waals surface area contributed by atoms with E-state index in [1.807, 2.05) is 4.90 Å². The van der Waals surface area contributed by atoms with E-state index in [9.17, 15) is 9.59 Å². The van der Waals surface area contributed by atoms with Crippen molar-refractivity contribution in [1.82, 2.24) is 9.80 Å². The predicted octanol–water partition coefficient (Wildman–Crippen LogP) is 1.82. The van der Waals surface area contributed by atoms with Crippen LogP contribution >= 0.6 is 0 Å². The molecule has 0 N–H and O–H groups in total. The zero-order valence-electron chi connectivity index (χ0n) is 14.9. The molecule has 3 aliphatic rings. The maximum absolute atomic E-state index is 12.8. The molecule has 2 unspecified atom stereocenters. The minimum atomic E-state index is -0.452. The SMILES string of the molecule is CCCC12CCC(CN(C(=O)/C=C3\OC(=O)C(C)=C3OC)C1)N2C. The summed E-state index contributed by atoms with van der Waals surface area (Å²) in [7, 11) is 3.66. The summed E-state index contributed by atoms with van der Waals surface area (Å²) in [5.41, 5.74) is 0.492. The van der Waals surface area contributed by atoms with Crippen LogP contribution in [0.25, 0.3) is 0 Å². The molecule has 3 aliphatic heterocycles. The molecule has 0 spiro atoms. The van der Waals surface area contributed by atoms with Crippen molar-refractivity contribution in [2.24, 2.45) is 0 Å². The zero-order chi connectivity index (χ0) is 17.5. The van der Waals surface area contributed by atoms with Gasteiger partial charge in [-0.2, -0.15) is 0 Å². The quantitative estimate of drug-likeness (QED) is 0.580. The van der Waals surface area contributed by atoms with E-state index in [4.69, 9.17) is 9.47 Å². The van der Waals surface area contributed by atoms with Gasteiger partial charge in [-0.15, -0.1) is 0 Å². The lowest BCUT2D eigenvalue weighted by Gasteiger charge is -2.47. The molecule has 2 bridgehead atoms. The number of piperazine rings is 1. The molecule has 2 saturated heterocycles. The molecule has 24 heavy (non-hydrogen) atoms. The third-order valence-electron chi connectivity index (χ3n) is 5.71. The molecule has 6 heteroatoms. The highest BCUT2D eigenvalue weighted by molar-refractivity contribution is 5.96. The lowest BCUT2D eigenvalue weighted by atomic mass is 9.90. The van der Waals surface area contributed by atoms with Crippen molar-refractivity contribution in [1.29, 1.82) is 0 Å². The number of likely N-dealkylation sites (tertiary alicyclic amines) is 1. The fraction of sp³-hybridized carbons (Fsp3) is 0.667. The van der Waals surface area contributed by atoms with E-state index in [1.54, 1.807) is 6.92 Å². The number of ether oxygens (including phenoxy) is 2. The van der Waals surface area contributed by atoms with Crippen molar-refractivity contribution in [2.45, 2.75) is 51.1 Å². The first-order valence-electron chi connectivity index (χ1n) is 8.63. The Morgan fingerprint density at radius 3 is 2.92 bits per heavy atom. The van der Waals surface area contributed by atoms with Gasteiger partial charge in [0.1, 0.15) is 0 Å². The Labute approximate surface area is 143 Å². The molecule has 0 aromatic heterocycles. The molecule has 3 rings (SSSR count). The summed E-state index contributed by atoms with van der Waals surface area (Å²) in [6, 6.07) is 0.415. The van der Waals surface area contributed by atoms with E-state index in [0.717, 1.165) is 38.8 Å². The minimum Gasteiger partial charge on any atom is -0.492 e. The Hall–Kier alpha value is -1.82. The molecule has 3 heterocycles. The van der Waals surface area contributed by atoms with Crippen molar-refractivity contribution >= 4 is 11.9 Å². The number of methoxy groups -OCH3 is 1. The van der Waals surface area contributed by atoms with Gasteiger partial charge in [0.25, 0.3) is 5.91 Å². The van der Waals surface area contributed by atoms with Crippen LogP contribution in [0.2, 0.25) is 0 Å². The summed E-state index contributed by atoms with van der Waals surface area (Å²) >= 11 is 0. The third kappa shape index (κ3) is 2.62. The van der Waals surface area contributed by atoms with Crippen LogP contribution in [0, 0.1) is 0 Å². The Balaban J connectivity index is 1.80. The van der Waals surface area contributed by atoms with E-state index < -0.39 is 5.97 Å². The molecule has 132 valence electrons. The van der Waals surface area contributed by atoms with Crippen molar-refractivity contribution in [3.8, 4) is 0 Å². The number of hydrogen-bond acceptors (Lipinski definition) is 5. The largest absolute Gasteiger partial charge is 0.492 e. The molecule has 2 fully saturated rings.